The molecule has 4 aromatic rings. The van der Waals surface area contributed by atoms with E-state index in [0.29, 0.717) is 24.5 Å². The summed E-state index contributed by atoms with van der Waals surface area (Å²) in [5.41, 5.74) is 6.54. The Morgan fingerprint density at radius 3 is 2.58 bits per heavy atom. The first kappa shape index (κ1) is 19.3. The first-order valence-electron chi connectivity index (χ1n) is 10.2. The van der Waals surface area contributed by atoms with E-state index in [1.54, 1.807) is 24.4 Å². The number of carboxylic acid groups (broad SMARTS) is 1. The number of carbonyl (C=O) groups is 1. The Kier molecular flexibility index (Phi) is 4.67. The van der Waals surface area contributed by atoms with Crippen LogP contribution in [0.15, 0.2) is 54.9 Å². The van der Waals surface area contributed by atoms with Crippen LogP contribution in [0, 0.1) is 13.8 Å². The van der Waals surface area contributed by atoms with Gasteiger partial charge >= 0.3 is 5.97 Å². The highest BCUT2D eigenvalue weighted by atomic mass is 16.5. The third kappa shape index (κ3) is 3.64. The summed E-state index contributed by atoms with van der Waals surface area (Å²) in [7, 11) is 0. The second kappa shape index (κ2) is 7.52. The molecular weight excluding hydrogens is 392 g/mol. The lowest BCUT2D eigenvalue weighted by molar-refractivity contribution is 0.0684. The molecule has 0 amide bonds. The lowest BCUT2D eigenvalue weighted by Gasteiger charge is -2.28. The third-order valence-electron chi connectivity index (χ3n) is 5.42. The van der Waals surface area contributed by atoms with Crippen molar-refractivity contribution in [2.45, 2.75) is 20.0 Å². The zero-order valence-corrected chi connectivity index (χ0v) is 17.3. The molecule has 2 N–H and O–H groups in total. The number of aromatic nitrogens is 3. The van der Waals surface area contributed by atoms with Gasteiger partial charge in [-0.25, -0.2) is 9.78 Å². The van der Waals surface area contributed by atoms with E-state index in [9.17, 15) is 9.90 Å². The average molecular weight is 414 g/mol. The van der Waals surface area contributed by atoms with Crippen LogP contribution in [0.25, 0.3) is 28.1 Å². The number of ether oxygens (including phenoxy) is 1. The van der Waals surface area contributed by atoms with Gasteiger partial charge in [0, 0.05) is 30.9 Å². The Morgan fingerprint density at radius 2 is 1.90 bits per heavy atom. The highest BCUT2D eigenvalue weighted by Crippen LogP contribution is 2.28. The minimum Gasteiger partial charge on any atom is -0.487 e. The number of carboxylic acids is 1. The molecular formula is C24H22N4O3. The number of fused-ring (bicyclic) bond motifs is 1. The minimum absolute atomic E-state index is 0.0225. The van der Waals surface area contributed by atoms with Gasteiger partial charge in [-0.1, -0.05) is 17.2 Å². The van der Waals surface area contributed by atoms with E-state index in [-0.39, 0.29) is 11.7 Å². The smallest absolute Gasteiger partial charge is 0.339 e. The molecule has 1 saturated heterocycles. The Hall–Kier alpha value is -3.71. The molecule has 5 rings (SSSR count). The lowest BCUT2D eigenvalue weighted by atomic mass is 10.1. The molecule has 0 spiro atoms. The fraction of sp³-hybridized carbons (Fsp3) is 0.208. The van der Waals surface area contributed by atoms with E-state index in [1.165, 1.54) is 11.1 Å². The molecule has 0 aliphatic carbocycles. The van der Waals surface area contributed by atoms with Gasteiger partial charge in [-0.15, -0.1) is 0 Å². The van der Waals surface area contributed by atoms with Crippen LogP contribution in [0.1, 0.15) is 21.5 Å². The zero-order valence-electron chi connectivity index (χ0n) is 17.3. The van der Waals surface area contributed by atoms with Crippen LogP contribution in [0.4, 0.5) is 0 Å². The van der Waals surface area contributed by atoms with Gasteiger partial charge in [0.2, 0.25) is 0 Å². The van der Waals surface area contributed by atoms with Crippen molar-refractivity contribution in [3.63, 3.8) is 0 Å². The molecule has 0 atom stereocenters. The van der Waals surface area contributed by atoms with E-state index < -0.39 is 5.97 Å². The largest absolute Gasteiger partial charge is 0.487 e. The van der Waals surface area contributed by atoms with E-state index in [2.05, 4.69) is 42.3 Å². The zero-order chi connectivity index (χ0) is 21.5. The molecule has 0 bridgehead atoms. The maximum absolute atomic E-state index is 11.7. The van der Waals surface area contributed by atoms with Crippen molar-refractivity contribution in [1.29, 1.82) is 0 Å². The van der Waals surface area contributed by atoms with Gasteiger partial charge in [0.25, 0.3) is 0 Å². The number of aryl methyl sites for hydroxylation is 2. The van der Waals surface area contributed by atoms with Crippen LogP contribution in [0.5, 0.6) is 5.75 Å². The van der Waals surface area contributed by atoms with Crippen molar-refractivity contribution >= 4 is 17.1 Å². The van der Waals surface area contributed by atoms with Gasteiger partial charge in [-0.3, -0.25) is 9.55 Å². The summed E-state index contributed by atoms with van der Waals surface area (Å²) in [6.07, 6.45) is 3.65. The van der Waals surface area contributed by atoms with Crippen molar-refractivity contribution in [1.82, 2.24) is 19.9 Å². The monoisotopic (exact) mass is 414 g/mol. The van der Waals surface area contributed by atoms with Crippen LogP contribution in [-0.4, -0.2) is 44.8 Å². The number of aromatic carboxylic acids is 1. The Morgan fingerprint density at radius 1 is 1.13 bits per heavy atom. The maximum Gasteiger partial charge on any atom is 0.339 e. The Bertz CT molecular complexity index is 1290. The SMILES string of the molecule is Cc1cc(C)cc(-c2cnc3ccn(-c4ccc(C(=O)O)c(OC5CNC5)c4)c3n2)c1. The van der Waals surface area contributed by atoms with E-state index in [4.69, 9.17) is 9.72 Å². The second-order valence-electron chi connectivity index (χ2n) is 7.91. The van der Waals surface area contributed by atoms with Gasteiger partial charge in [0.1, 0.15) is 22.9 Å². The predicted molar refractivity (Wildman–Crippen MR) is 118 cm³/mol. The molecule has 2 aromatic carbocycles. The van der Waals surface area contributed by atoms with Crippen LogP contribution in [0.3, 0.4) is 0 Å². The van der Waals surface area contributed by atoms with Gasteiger partial charge in [0.15, 0.2) is 5.65 Å². The van der Waals surface area contributed by atoms with Gasteiger partial charge in [0.05, 0.1) is 17.6 Å². The molecule has 7 nitrogen and oxygen atoms in total. The highest BCUT2D eigenvalue weighted by Gasteiger charge is 2.22. The van der Waals surface area contributed by atoms with E-state index >= 15 is 0 Å². The molecule has 1 fully saturated rings. The van der Waals surface area contributed by atoms with E-state index in [0.717, 1.165) is 22.5 Å². The molecule has 0 unspecified atom stereocenters. The number of hydrogen-bond acceptors (Lipinski definition) is 5. The molecule has 1 aliphatic rings. The maximum atomic E-state index is 11.7. The van der Waals surface area contributed by atoms with Gasteiger partial charge < -0.3 is 15.2 Å². The normalized spacial score (nSPS) is 13.9. The fourth-order valence-electron chi connectivity index (χ4n) is 3.83. The molecule has 156 valence electrons. The molecule has 2 aromatic heterocycles. The van der Waals surface area contributed by atoms with Crippen LogP contribution >= 0.6 is 0 Å². The molecule has 7 heteroatoms. The number of hydrogen-bond donors (Lipinski definition) is 2. The minimum atomic E-state index is -1.01. The summed E-state index contributed by atoms with van der Waals surface area (Å²) in [5, 5.41) is 12.7. The van der Waals surface area contributed by atoms with Gasteiger partial charge in [-0.2, -0.15) is 0 Å². The summed E-state index contributed by atoms with van der Waals surface area (Å²) < 4.78 is 7.83. The number of rotatable bonds is 5. The predicted octanol–water partition coefficient (Wildman–Crippen LogP) is 3.75. The molecule has 0 saturated carbocycles. The Balaban J connectivity index is 1.59. The fourth-order valence-corrected chi connectivity index (χ4v) is 3.83. The number of benzene rings is 2. The summed E-state index contributed by atoms with van der Waals surface area (Å²) >= 11 is 0. The number of nitrogens with one attached hydrogen (secondary N) is 1. The third-order valence-corrected chi connectivity index (χ3v) is 5.42. The standard InChI is InChI=1S/C24H22N4O3/c1-14-7-15(2)9-16(8-14)21-13-26-20-5-6-28(23(20)27-21)17-3-4-19(24(29)30)22(10-17)31-18-11-25-12-18/h3-10,13,18,25H,11-12H2,1-2H3,(H,29,30). The van der Waals surface area contributed by atoms with Gasteiger partial charge in [-0.05, 0) is 44.2 Å². The molecule has 1 aliphatic heterocycles. The highest BCUT2D eigenvalue weighted by molar-refractivity contribution is 5.91. The topological polar surface area (TPSA) is 89.3 Å². The first-order valence-corrected chi connectivity index (χ1v) is 10.2. The summed E-state index contributed by atoms with van der Waals surface area (Å²) in [6, 6.07) is 13.3. The van der Waals surface area contributed by atoms with Crippen LogP contribution in [0.2, 0.25) is 0 Å². The molecule has 0 radical (unpaired) electrons. The number of nitrogens with zero attached hydrogens (tertiary/aromatic N) is 3. The average Bonchev–Trinajstić information content (AvgIpc) is 3.13. The summed E-state index contributed by atoms with van der Waals surface area (Å²) in [6.45, 7) is 5.55. The van der Waals surface area contributed by atoms with Crippen molar-refractivity contribution in [2.24, 2.45) is 0 Å². The lowest BCUT2D eigenvalue weighted by Crippen LogP contribution is -2.50. The van der Waals surface area contributed by atoms with Crippen molar-refractivity contribution in [3.8, 4) is 22.7 Å². The second-order valence-corrected chi connectivity index (χ2v) is 7.91. The van der Waals surface area contributed by atoms with Crippen LogP contribution in [-0.2, 0) is 0 Å². The van der Waals surface area contributed by atoms with E-state index in [1.807, 2.05) is 16.8 Å². The summed E-state index contributed by atoms with van der Waals surface area (Å²) in [4.78, 5) is 21.1. The summed E-state index contributed by atoms with van der Waals surface area (Å²) in [5.74, 6) is -0.653. The molecule has 31 heavy (non-hydrogen) atoms. The van der Waals surface area contributed by atoms with Crippen molar-refractivity contribution in [2.75, 3.05) is 13.1 Å². The van der Waals surface area contributed by atoms with Crippen molar-refractivity contribution < 1.29 is 14.6 Å². The quantitative estimate of drug-likeness (QED) is 0.517. The Labute approximate surface area is 179 Å². The van der Waals surface area contributed by atoms with Crippen molar-refractivity contribution in [3.05, 3.63) is 71.5 Å². The first-order chi connectivity index (χ1) is 15.0. The molecule has 3 heterocycles. The van der Waals surface area contributed by atoms with Crippen LogP contribution < -0.4 is 10.1 Å².